The van der Waals surface area contributed by atoms with Gasteiger partial charge < -0.3 is 4.90 Å². The predicted octanol–water partition coefficient (Wildman–Crippen LogP) is 1.30. The van der Waals surface area contributed by atoms with Crippen molar-refractivity contribution in [2.75, 3.05) is 13.1 Å². The summed E-state index contributed by atoms with van der Waals surface area (Å²) in [5, 5.41) is 0. The Hall–Kier alpha value is -2.70. The fraction of sp³-hybridized carbons (Fsp3) is 0.474. The molecule has 0 spiro atoms. The minimum atomic E-state index is -0.882. The molecule has 3 aliphatic rings. The largest absolute Gasteiger partial charge is 0.336 e. The molecular formula is C19H21N3O4. The number of rotatable bonds is 3. The second kappa shape index (κ2) is 6.55. The topological polar surface area (TPSA) is 78.0 Å². The van der Waals surface area contributed by atoms with Crippen LogP contribution in [0, 0.1) is 0 Å². The summed E-state index contributed by atoms with van der Waals surface area (Å²) >= 11 is 0. The number of nitrogens with zero attached hydrogens (tertiary/aromatic N) is 3. The quantitative estimate of drug-likeness (QED) is 0.605. The summed E-state index contributed by atoms with van der Waals surface area (Å²) in [7, 11) is 0. The molecule has 136 valence electrons. The number of carbonyl (C=O) groups excluding carboxylic acids is 4. The average Bonchev–Trinajstić information content (AvgIpc) is 3.24. The van der Waals surface area contributed by atoms with Gasteiger partial charge in [-0.15, -0.1) is 0 Å². The highest BCUT2D eigenvalue weighted by atomic mass is 16.2. The second-order valence-electron chi connectivity index (χ2n) is 7.12. The Kier molecular flexibility index (Phi) is 4.22. The Morgan fingerprint density at radius 2 is 1.69 bits per heavy atom. The van der Waals surface area contributed by atoms with E-state index in [2.05, 4.69) is 0 Å². The SMILES string of the molecule is O=C(CN1C(=O)C(=O)N(C2CCCC2)C1=O)N1CCc2ccccc2C1. The van der Waals surface area contributed by atoms with Crippen LogP contribution in [0.15, 0.2) is 24.3 Å². The van der Waals surface area contributed by atoms with E-state index in [9.17, 15) is 19.2 Å². The molecule has 1 aliphatic carbocycles. The van der Waals surface area contributed by atoms with E-state index in [-0.39, 0.29) is 18.5 Å². The highest BCUT2D eigenvalue weighted by Gasteiger charge is 2.48. The van der Waals surface area contributed by atoms with Gasteiger partial charge in [0.15, 0.2) is 0 Å². The normalized spacial score (nSPS) is 20.9. The predicted molar refractivity (Wildman–Crippen MR) is 91.8 cm³/mol. The van der Waals surface area contributed by atoms with Crippen molar-refractivity contribution < 1.29 is 19.2 Å². The standard InChI is InChI=1S/C19H21N3O4/c23-16(20-10-9-13-5-1-2-6-14(13)11-20)12-21-17(24)18(25)22(19(21)26)15-7-3-4-8-15/h1-2,5-6,15H,3-4,7-12H2. The third kappa shape index (κ3) is 2.77. The van der Waals surface area contributed by atoms with Crippen LogP contribution in [-0.2, 0) is 27.3 Å². The van der Waals surface area contributed by atoms with Crippen molar-refractivity contribution in [1.82, 2.24) is 14.7 Å². The fourth-order valence-corrected chi connectivity index (χ4v) is 4.09. The van der Waals surface area contributed by atoms with E-state index in [4.69, 9.17) is 0 Å². The molecule has 2 heterocycles. The van der Waals surface area contributed by atoms with Crippen LogP contribution in [0.5, 0.6) is 0 Å². The molecule has 1 saturated carbocycles. The fourth-order valence-electron chi connectivity index (χ4n) is 4.09. The lowest BCUT2D eigenvalue weighted by Gasteiger charge is -2.30. The number of fused-ring (bicyclic) bond motifs is 1. The minimum Gasteiger partial charge on any atom is -0.336 e. The number of benzene rings is 1. The molecule has 0 unspecified atom stereocenters. The third-order valence-corrected chi connectivity index (χ3v) is 5.55. The molecule has 0 bridgehead atoms. The molecule has 0 atom stereocenters. The second-order valence-corrected chi connectivity index (χ2v) is 7.12. The number of amides is 5. The van der Waals surface area contributed by atoms with Gasteiger partial charge in [-0.1, -0.05) is 37.1 Å². The summed E-state index contributed by atoms with van der Waals surface area (Å²) in [6.45, 7) is 0.645. The van der Waals surface area contributed by atoms with Crippen molar-refractivity contribution in [3.63, 3.8) is 0 Å². The summed E-state index contributed by atoms with van der Waals surface area (Å²) in [6.07, 6.45) is 4.10. The molecule has 1 aromatic carbocycles. The van der Waals surface area contributed by atoms with Crippen molar-refractivity contribution in [2.24, 2.45) is 0 Å². The van der Waals surface area contributed by atoms with E-state index < -0.39 is 17.8 Å². The molecule has 0 N–H and O–H groups in total. The van der Waals surface area contributed by atoms with Crippen LogP contribution >= 0.6 is 0 Å². The van der Waals surface area contributed by atoms with Gasteiger partial charge in [0.2, 0.25) is 5.91 Å². The van der Waals surface area contributed by atoms with Gasteiger partial charge >= 0.3 is 17.8 Å². The Balaban J connectivity index is 1.45. The average molecular weight is 355 g/mol. The molecular weight excluding hydrogens is 334 g/mol. The van der Waals surface area contributed by atoms with Crippen LogP contribution in [0.2, 0.25) is 0 Å². The Morgan fingerprint density at radius 3 is 2.42 bits per heavy atom. The summed E-state index contributed by atoms with van der Waals surface area (Å²) in [5.74, 6) is -1.98. The lowest BCUT2D eigenvalue weighted by molar-refractivity contribution is -0.145. The zero-order valence-electron chi connectivity index (χ0n) is 14.5. The number of hydrogen-bond acceptors (Lipinski definition) is 4. The third-order valence-electron chi connectivity index (χ3n) is 5.55. The Labute approximate surface area is 151 Å². The van der Waals surface area contributed by atoms with Crippen molar-refractivity contribution in [2.45, 2.75) is 44.7 Å². The zero-order valence-corrected chi connectivity index (χ0v) is 14.5. The first kappa shape index (κ1) is 16.8. The van der Waals surface area contributed by atoms with Crippen molar-refractivity contribution >= 4 is 23.8 Å². The van der Waals surface area contributed by atoms with Gasteiger partial charge in [-0.05, 0) is 30.4 Å². The van der Waals surface area contributed by atoms with Gasteiger partial charge in [0.05, 0.1) is 0 Å². The number of urea groups is 1. The number of hydrogen-bond donors (Lipinski definition) is 0. The van der Waals surface area contributed by atoms with Gasteiger partial charge in [-0.25, -0.2) is 9.69 Å². The first-order valence-corrected chi connectivity index (χ1v) is 9.10. The van der Waals surface area contributed by atoms with Crippen molar-refractivity contribution in [1.29, 1.82) is 0 Å². The van der Waals surface area contributed by atoms with Crippen molar-refractivity contribution in [3.05, 3.63) is 35.4 Å². The van der Waals surface area contributed by atoms with Gasteiger partial charge in [-0.3, -0.25) is 19.3 Å². The molecule has 2 fully saturated rings. The summed E-state index contributed by atoms with van der Waals surface area (Å²) < 4.78 is 0. The molecule has 5 amide bonds. The summed E-state index contributed by atoms with van der Waals surface area (Å²) in [4.78, 5) is 53.2. The lowest BCUT2D eigenvalue weighted by atomic mass is 10.00. The van der Waals surface area contributed by atoms with Gasteiger partial charge in [0.1, 0.15) is 6.54 Å². The first-order chi connectivity index (χ1) is 12.6. The number of carbonyl (C=O) groups is 4. The maximum Gasteiger partial charge on any atom is 0.334 e. The molecule has 7 nitrogen and oxygen atoms in total. The van der Waals surface area contributed by atoms with Crippen molar-refractivity contribution in [3.8, 4) is 0 Å². The lowest BCUT2D eigenvalue weighted by Crippen LogP contribution is -2.45. The molecule has 0 radical (unpaired) electrons. The van der Waals surface area contributed by atoms with E-state index in [0.29, 0.717) is 13.1 Å². The van der Waals surface area contributed by atoms with Crippen LogP contribution < -0.4 is 0 Å². The van der Waals surface area contributed by atoms with Crippen LogP contribution in [0.1, 0.15) is 36.8 Å². The van der Waals surface area contributed by atoms with E-state index in [1.54, 1.807) is 4.90 Å². The van der Waals surface area contributed by atoms with E-state index in [1.807, 2.05) is 24.3 Å². The maximum atomic E-state index is 12.6. The molecule has 2 aliphatic heterocycles. The van der Waals surface area contributed by atoms with E-state index in [0.717, 1.165) is 47.5 Å². The minimum absolute atomic E-state index is 0.207. The van der Waals surface area contributed by atoms with Crippen LogP contribution in [0.3, 0.4) is 0 Å². The Morgan fingerprint density at radius 1 is 1.00 bits per heavy atom. The molecule has 7 heteroatoms. The maximum absolute atomic E-state index is 12.6. The zero-order chi connectivity index (χ0) is 18.3. The smallest absolute Gasteiger partial charge is 0.334 e. The first-order valence-electron chi connectivity index (χ1n) is 9.10. The number of imide groups is 2. The highest BCUT2D eigenvalue weighted by molar-refractivity contribution is 6.45. The van der Waals surface area contributed by atoms with Gasteiger partial charge in [-0.2, -0.15) is 0 Å². The molecule has 1 aromatic rings. The Bertz CT molecular complexity index is 785. The molecule has 26 heavy (non-hydrogen) atoms. The molecule has 4 rings (SSSR count). The monoisotopic (exact) mass is 355 g/mol. The van der Waals surface area contributed by atoms with Crippen LogP contribution in [-0.4, -0.2) is 57.6 Å². The van der Waals surface area contributed by atoms with Crippen LogP contribution in [0.25, 0.3) is 0 Å². The van der Waals surface area contributed by atoms with E-state index >= 15 is 0 Å². The highest BCUT2D eigenvalue weighted by Crippen LogP contribution is 2.28. The summed E-state index contributed by atoms with van der Waals surface area (Å²) in [5.41, 5.74) is 2.29. The van der Waals surface area contributed by atoms with Crippen LogP contribution in [0.4, 0.5) is 4.79 Å². The van der Waals surface area contributed by atoms with E-state index in [1.165, 1.54) is 5.56 Å². The molecule has 0 aromatic heterocycles. The summed E-state index contributed by atoms with van der Waals surface area (Å²) in [6, 6.07) is 7.08. The van der Waals surface area contributed by atoms with Gasteiger partial charge in [0, 0.05) is 19.1 Å². The van der Waals surface area contributed by atoms with Gasteiger partial charge in [0.25, 0.3) is 0 Å². The molecule has 1 saturated heterocycles.